The van der Waals surface area contributed by atoms with Crippen LogP contribution in [0, 0.1) is 5.41 Å². The second kappa shape index (κ2) is 3.98. The van der Waals surface area contributed by atoms with E-state index in [0.29, 0.717) is 0 Å². The summed E-state index contributed by atoms with van der Waals surface area (Å²) in [6, 6.07) is 7.94. The van der Waals surface area contributed by atoms with Crippen LogP contribution in [0.5, 0.6) is 11.5 Å². The highest BCUT2D eigenvalue weighted by Gasteiger charge is 2.48. The largest absolute Gasteiger partial charge is 0.493 e. The lowest BCUT2D eigenvalue weighted by molar-refractivity contribution is -0.0411. The van der Waals surface area contributed by atoms with Gasteiger partial charge in [0.15, 0.2) is 11.5 Å². The van der Waals surface area contributed by atoms with Crippen LogP contribution in [0.3, 0.4) is 0 Å². The van der Waals surface area contributed by atoms with Gasteiger partial charge in [0.1, 0.15) is 6.10 Å². The molecule has 3 nitrogen and oxygen atoms in total. The van der Waals surface area contributed by atoms with Gasteiger partial charge in [-0.05, 0) is 12.1 Å². The minimum atomic E-state index is 0.0425. The summed E-state index contributed by atoms with van der Waals surface area (Å²) in [5.74, 6) is 1.58. The highest BCUT2D eigenvalue weighted by atomic mass is 16.5. The van der Waals surface area contributed by atoms with Crippen molar-refractivity contribution in [3.8, 4) is 11.5 Å². The summed E-state index contributed by atoms with van der Waals surface area (Å²) in [6.45, 7) is 4.28. The van der Waals surface area contributed by atoms with Crippen LogP contribution in [0.4, 0.5) is 0 Å². The van der Waals surface area contributed by atoms with E-state index in [9.17, 15) is 0 Å². The van der Waals surface area contributed by atoms with Crippen molar-refractivity contribution < 1.29 is 9.47 Å². The van der Waals surface area contributed by atoms with Gasteiger partial charge in [0.05, 0.1) is 7.11 Å². The lowest BCUT2D eigenvalue weighted by atomic mass is 9.65. The van der Waals surface area contributed by atoms with Crippen molar-refractivity contribution in [3.05, 3.63) is 24.3 Å². The van der Waals surface area contributed by atoms with Crippen molar-refractivity contribution in [3.63, 3.8) is 0 Å². The first-order valence-corrected chi connectivity index (χ1v) is 5.61. The molecule has 1 aliphatic carbocycles. The molecule has 0 saturated heterocycles. The average Bonchev–Trinajstić information content (AvgIpc) is 2.29. The number of methoxy groups -OCH3 is 1. The zero-order chi connectivity index (χ0) is 11.8. The van der Waals surface area contributed by atoms with Crippen LogP contribution in [0.2, 0.25) is 0 Å². The number of rotatable bonds is 3. The van der Waals surface area contributed by atoms with Crippen LogP contribution in [0.15, 0.2) is 24.3 Å². The van der Waals surface area contributed by atoms with Crippen LogP contribution < -0.4 is 15.2 Å². The van der Waals surface area contributed by atoms with Crippen LogP contribution in [0.1, 0.15) is 20.3 Å². The molecular formula is C13H19NO2. The molecule has 1 aromatic carbocycles. The number of hydrogen-bond donors (Lipinski definition) is 1. The average molecular weight is 221 g/mol. The second-order valence-electron chi connectivity index (χ2n) is 4.92. The molecule has 1 saturated carbocycles. The van der Waals surface area contributed by atoms with Crippen molar-refractivity contribution in [1.29, 1.82) is 0 Å². The van der Waals surface area contributed by atoms with Gasteiger partial charge in [0.2, 0.25) is 0 Å². The molecule has 1 aliphatic rings. The minimum absolute atomic E-state index is 0.0425. The van der Waals surface area contributed by atoms with Gasteiger partial charge >= 0.3 is 0 Å². The molecule has 0 heterocycles. The normalized spacial score (nSPS) is 27.0. The second-order valence-corrected chi connectivity index (χ2v) is 4.92. The number of hydrogen-bond acceptors (Lipinski definition) is 3. The molecule has 0 radical (unpaired) electrons. The van der Waals surface area contributed by atoms with Crippen LogP contribution in [-0.2, 0) is 0 Å². The fourth-order valence-corrected chi connectivity index (χ4v) is 1.99. The van der Waals surface area contributed by atoms with E-state index < -0.39 is 0 Å². The van der Waals surface area contributed by atoms with E-state index >= 15 is 0 Å². The number of nitrogens with two attached hydrogens (primary N) is 1. The lowest BCUT2D eigenvalue weighted by Gasteiger charge is -2.49. The Kier molecular flexibility index (Phi) is 2.80. The Morgan fingerprint density at radius 1 is 1.25 bits per heavy atom. The van der Waals surface area contributed by atoms with E-state index in [-0.39, 0.29) is 17.6 Å². The van der Waals surface area contributed by atoms with Gasteiger partial charge in [0.25, 0.3) is 0 Å². The maximum absolute atomic E-state index is 5.96. The Labute approximate surface area is 96.5 Å². The van der Waals surface area contributed by atoms with Crippen molar-refractivity contribution in [1.82, 2.24) is 0 Å². The summed E-state index contributed by atoms with van der Waals surface area (Å²) in [6.07, 6.45) is 1.09. The van der Waals surface area contributed by atoms with E-state index in [1.165, 1.54) is 0 Å². The Hall–Kier alpha value is -1.22. The topological polar surface area (TPSA) is 44.5 Å². The molecule has 1 fully saturated rings. The van der Waals surface area contributed by atoms with Gasteiger partial charge in [-0.1, -0.05) is 26.0 Å². The number of ether oxygens (including phenoxy) is 2. The maximum Gasteiger partial charge on any atom is 0.161 e. The molecule has 0 aromatic heterocycles. The van der Waals surface area contributed by atoms with E-state index in [0.717, 1.165) is 17.9 Å². The Morgan fingerprint density at radius 3 is 2.38 bits per heavy atom. The molecule has 0 aliphatic heterocycles. The summed E-state index contributed by atoms with van der Waals surface area (Å²) in [7, 11) is 1.65. The van der Waals surface area contributed by atoms with Crippen molar-refractivity contribution in [2.75, 3.05) is 7.11 Å². The fourth-order valence-electron chi connectivity index (χ4n) is 1.99. The fraction of sp³-hybridized carbons (Fsp3) is 0.538. The van der Waals surface area contributed by atoms with E-state index in [1.807, 2.05) is 24.3 Å². The first-order valence-electron chi connectivity index (χ1n) is 5.61. The quantitative estimate of drug-likeness (QED) is 0.851. The summed E-state index contributed by atoms with van der Waals surface area (Å²) in [5.41, 5.74) is 6.00. The van der Waals surface area contributed by atoms with Crippen molar-refractivity contribution >= 4 is 0 Å². The molecule has 0 bridgehead atoms. The molecule has 2 unspecified atom stereocenters. The monoisotopic (exact) mass is 221 g/mol. The molecular weight excluding hydrogens is 202 g/mol. The van der Waals surface area contributed by atoms with E-state index in [2.05, 4.69) is 13.8 Å². The summed E-state index contributed by atoms with van der Waals surface area (Å²) in [4.78, 5) is 0. The predicted octanol–water partition coefficient (Wildman–Crippen LogP) is 2.20. The highest BCUT2D eigenvalue weighted by Crippen LogP contribution is 2.43. The zero-order valence-corrected chi connectivity index (χ0v) is 10.1. The smallest absolute Gasteiger partial charge is 0.161 e. The molecule has 0 spiro atoms. The third-order valence-electron chi connectivity index (χ3n) is 3.59. The predicted molar refractivity (Wildman–Crippen MR) is 63.8 cm³/mol. The molecule has 3 heteroatoms. The summed E-state index contributed by atoms with van der Waals surface area (Å²) in [5, 5.41) is 0. The summed E-state index contributed by atoms with van der Waals surface area (Å²) < 4.78 is 11.2. The summed E-state index contributed by atoms with van der Waals surface area (Å²) >= 11 is 0. The van der Waals surface area contributed by atoms with Gasteiger partial charge in [-0.15, -0.1) is 0 Å². The molecule has 2 N–H and O–H groups in total. The highest BCUT2D eigenvalue weighted by molar-refractivity contribution is 5.39. The number of para-hydroxylation sites is 2. The van der Waals surface area contributed by atoms with Crippen molar-refractivity contribution in [2.24, 2.45) is 11.1 Å². The Morgan fingerprint density at radius 2 is 1.88 bits per heavy atom. The van der Waals surface area contributed by atoms with Gasteiger partial charge in [0, 0.05) is 17.9 Å². The van der Waals surface area contributed by atoms with Crippen LogP contribution in [-0.4, -0.2) is 19.3 Å². The van der Waals surface area contributed by atoms with Gasteiger partial charge < -0.3 is 15.2 Å². The Balaban J connectivity index is 2.11. The molecule has 2 atom stereocenters. The molecule has 2 rings (SSSR count). The third kappa shape index (κ3) is 1.76. The lowest BCUT2D eigenvalue weighted by Crippen LogP contribution is -2.60. The minimum Gasteiger partial charge on any atom is -0.493 e. The standard InChI is InChI=1S/C13H19NO2/c1-13(2)11(14)8-12(13)16-10-7-5-4-6-9(10)15-3/h4-7,11-12H,8,14H2,1-3H3. The van der Waals surface area contributed by atoms with Crippen LogP contribution >= 0.6 is 0 Å². The Bertz CT molecular complexity index is 376. The van der Waals surface area contributed by atoms with Gasteiger partial charge in [-0.2, -0.15) is 0 Å². The van der Waals surface area contributed by atoms with Gasteiger partial charge in [-0.3, -0.25) is 0 Å². The van der Waals surface area contributed by atoms with Crippen LogP contribution in [0.25, 0.3) is 0 Å². The van der Waals surface area contributed by atoms with Crippen molar-refractivity contribution in [2.45, 2.75) is 32.4 Å². The van der Waals surface area contributed by atoms with E-state index in [1.54, 1.807) is 7.11 Å². The molecule has 88 valence electrons. The SMILES string of the molecule is COc1ccccc1OC1CC(N)C1(C)C. The molecule has 16 heavy (non-hydrogen) atoms. The molecule has 0 amide bonds. The third-order valence-corrected chi connectivity index (χ3v) is 3.59. The maximum atomic E-state index is 5.96. The zero-order valence-electron chi connectivity index (χ0n) is 10.1. The number of benzene rings is 1. The first kappa shape index (κ1) is 11.3. The first-order chi connectivity index (χ1) is 7.55. The molecule has 1 aromatic rings. The van der Waals surface area contributed by atoms with E-state index in [4.69, 9.17) is 15.2 Å². The van der Waals surface area contributed by atoms with Gasteiger partial charge in [-0.25, -0.2) is 0 Å².